The van der Waals surface area contributed by atoms with Crippen molar-refractivity contribution in [1.82, 2.24) is 5.32 Å². The van der Waals surface area contributed by atoms with Crippen molar-refractivity contribution in [3.8, 4) is 0 Å². The van der Waals surface area contributed by atoms with Crippen molar-refractivity contribution in [2.45, 2.75) is 25.8 Å². The van der Waals surface area contributed by atoms with Gasteiger partial charge < -0.3 is 10.6 Å². The van der Waals surface area contributed by atoms with Gasteiger partial charge in [-0.15, -0.1) is 0 Å². The van der Waals surface area contributed by atoms with Crippen molar-refractivity contribution in [2.75, 3.05) is 11.9 Å². The van der Waals surface area contributed by atoms with E-state index in [-0.39, 0.29) is 23.5 Å². The first-order chi connectivity index (χ1) is 7.66. The molecule has 1 fully saturated rings. The number of amides is 1. The van der Waals surface area contributed by atoms with Gasteiger partial charge >= 0.3 is 0 Å². The highest BCUT2D eigenvalue weighted by Crippen LogP contribution is 2.26. The number of hydrogen-bond donors (Lipinski definition) is 2. The quantitative estimate of drug-likeness (QED) is 0.805. The zero-order chi connectivity index (χ0) is 11.5. The molecule has 0 spiro atoms. The first-order valence-corrected chi connectivity index (χ1v) is 5.47. The second-order valence-corrected chi connectivity index (χ2v) is 4.07. The fourth-order valence-electron chi connectivity index (χ4n) is 2.01. The van der Waals surface area contributed by atoms with Gasteiger partial charge in [-0.3, -0.25) is 4.79 Å². The lowest BCUT2D eigenvalue weighted by Gasteiger charge is -2.12. The first kappa shape index (κ1) is 11.1. The van der Waals surface area contributed by atoms with Gasteiger partial charge in [0.2, 0.25) is 5.91 Å². The molecule has 16 heavy (non-hydrogen) atoms. The summed E-state index contributed by atoms with van der Waals surface area (Å²) < 4.78 is 13.6. The molecule has 2 N–H and O–H groups in total. The molecular weight excluding hydrogens is 207 g/mol. The van der Waals surface area contributed by atoms with E-state index in [1.807, 2.05) is 6.07 Å². The number of anilines is 1. The molecule has 0 aromatic heterocycles. The third-order valence-electron chi connectivity index (χ3n) is 2.77. The van der Waals surface area contributed by atoms with Crippen molar-refractivity contribution in [1.29, 1.82) is 0 Å². The number of carbonyl (C=O) groups is 1. The summed E-state index contributed by atoms with van der Waals surface area (Å²) in [5.41, 5.74) is 1.19. The number of nitrogens with one attached hydrogen (secondary N) is 2. The van der Waals surface area contributed by atoms with Crippen LogP contribution in [0.5, 0.6) is 0 Å². The van der Waals surface area contributed by atoms with Gasteiger partial charge in [-0.2, -0.15) is 0 Å². The Balaban J connectivity index is 2.18. The van der Waals surface area contributed by atoms with Gasteiger partial charge in [0.1, 0.15) is 5.82 Å². The van der Waals surface area contributed by atoms with Crippen molar-refractivity contribution in [3.63, 3.8) is 0 Å². The zero-order valence-electron chi connectivity index (χ0n) is 9.22. The lowest BCUT2D eigenvalue weighted by Crippen LogP contribution is -2.13. The summed E-state index contributed by atoms with van der Waals surface area (Å²) >= 11 is 0. The first-order valence-electron chi connectivity index (χ1n) is 5.47. The van der Waals surface area contributed by atoms with E-state index in [0.29, 0.717) is 0 Å². The topological polar surface area (TPSA) is 41.1 Å². The van der Waals surface area contributed by atoms with E-state index in [2.05, 4.69) is 10.6 Å². The van der Waals surface area contributed by atoms with E-state index in [1.165, 1.54) is 13.0 Å². The smallest absolute Gasteiger partial charge is 0.221 e. The fourth-order valence-corrected chi connectivity index (χ4v) is 2.01. The molecule has 1 atom stereocenters. The normalized spacial score (nSPS) is 19.8. The van der Waals surface area contributed by atoms with Gasteiger partial charge in [0.05, 0.1) is 5.69 Å². The zero-order valence-corrected chi connectivity index (χ0v) is 9.22. The highest BCUT2D eigenvalue weighted by atomic mass is 19.1. The molecular formula is C12H15FN2O. The molecule has 2 rings (SSSR count). The van der Waals surface area contributed by atoms with Crippen LogP contribution in [0.2, 0.25) is 0 Å². The summed E-state index contributed by atoms with van der Waals surface area (Å²) in [4.78, 5) is 10.8. The highest BCUT2D eigenvalue weighted by molar-refractivity contribution is 5.88. The molecule has 4 heteroatoms. The molecule has 1 heterocycles. The third-order valence-corrected chi connectivity index (χ3v) is 2.77. The van der Waals surface area contributed by atoms with E-state index in [4.69, 9.17) is 0 Å². The Morgan fingerprint density at radius 1 is 1.56 bits per heavy atom. The summed E-state index contributed by atoms with van der Waals surface area (Å²) in [7, 11) is 0. The van der Waals surface area contributed by atoms with E-state index in [0.717, 1.165) is 24.9 Å². The highest BCUT2D eigenvalue weighted by Gasteiger charge is 2.17. The lowest BCUT2D eigenvalue weighted by atomic mass is 10.0. The molecule has 0 radical (unpaired) electrons. The maximum Gasteiger partial charge on any atom is 0.221 e. The summed E-state index contributed by atoms with van der Waals surface area (Å²) in [6.45, 7) is 2.35. The Morgan fingerprint density at radius 2 is 2.38 bits per heavy atom. The van der Waals surface area contributed by atoms with Crippen molar-refractivity contribution < 1.29 is 9.18 Å². The monoisotopic (exact) mass is 222 g/mol. The van der Waals surface area contributed by atoms with Crippen LogP contribution in [0.3, 0.4) is 0 Å². The molecule has 1 aliphatic rings. The summed E-state index contributed by atoms with van der Waals surface area (Å²) in [5.74, 6) is -0.632. The van der Waals surface area contributed by atoms with Crippen LogP contribution in [0.15, 0.2) is 18.2 Å². The van der Waals surface area contributed by atoms with Crippen molar-refractivity contribution in [3.05, 3.63) is 29.6 Å². The van der Waals surface area contributed by atoms with Crippen molar-refractivity contribution >= 4 is 11.6 Å². The van der Waals surface area contributed by atoms with Gasteiger partial charge in [0.25, 0.3) is 0 Å². The Morgan fingerprint density at radius 3 is 2.94 bits per heavy atom. The van der Waals surface area contributed by atoms with Crippen LogP contribution in [0.4, 0.5) is 10.1 Å². The Bertz CT molecular complexity index is 400. The van der Waals surface area contributed by atoms with Crippen LogP contribution in [0.1, 0.15) is 31.4 Å². The summed E-state index contributed by atoms with van der Waals surface area (Å²) in [5, 5.41) is 5.76. The van der Waals surface area contributed by atoms with Gasteiger partial charge in [0, 0.05) is 13.0 Å². The fraction of sp³-hybridized carbons (Fsp3) is 0.417. The Hall–Kier alpha value is -1.42. The summed E-state index contributed by atoms with van der Waals surface area (Å²) in [6.07, 6.45) is 2.17. The van der Waals surface area contributed by atoms with Crippen molar-refractivity contribution in [2.24, 2.45) is 0 Å². The molecule has 3 nitrogen and oxygen atoms in total. The molecule has 86 valence electrons. The second-order valence-electron chi connectivity index (χ2n) is 4.07. The van der Waals surface area contributed by atoms with Gasteiger partial charge in [-0.1, -0.05) is 6.07 Å². The molecule has 1 amide bonds. The molecule has 1 aromatic rings. The van der Waals surface area contributed by atoms with Crippen LogP contribution in [-0.2, 0) is 4.79 Å². The van der Waals surface area contributed by atoms with Crippen LogP contribution in [0, 0.1) is 5.82 Å². The lowest BCUT2D eigenvalue weighted by molar-refractivity contribution is -0.114. The molecule has 0 aliphatic carbocycles. The number of halogens is 1. The van der Waals surface area contributed by atoms with Crippen LogP contribution in [-0.4, -0.2) is 12.5 Å². The minimum absolute atomic E-state index is 0.245. The average Bonchev–Trinajstić information content (AvgIpc) is 2.73. The maximum absolute atomic E-state index is 13.6. The number of hydrogen-bond acceptors (Lipinski definition) is 2. The second kappa shape index (κ2) is 4.61. The van der Waals surface area contributed by atoms with Gasteiger partial charge in [-0.05, 0) is 37.1 Å². The average molecular weight is 222 g/mol. The van der Waals surface area contributed by atoms with Crippen LogP contribution >= 0.6 is 0 Å². The molecule has 0 bridgehead atoms. The third kappa shape index (κ3) is 2.39. The summed E-state index contributed by atoms with van der Waals surface area (Å²) in [6, 6.07) is 5.22. The minimum atomic E-state index is -0.374. The predicted molar refractivity (Wildman–Crippen MR) is 60.7 cm³/mol. The molecule has 0 unspecified atom stereocenters. The molecule has 1 aromatic carbocycles. The van der Waals surface area contributed by atoms with Crippen LogP contribution < -0.4 is 10.6 Å². The van der Waals surface area contributed by atoms with Crippen LogP contribution in [0.25, 0.3) is 0 Å². The number of carbonyl (C=O) groups excluding carboxylic acids is 1. The van der Waals surface area contributed by atoms with E-state index in [9.17, 15) is 9.18 Å². The van der Waals surface area contributed by atoms with E-state index in [1.54, 1.807) is 6.07 Å². The number of benzene rings is 1. The largest absolute Gasteiger partial charge is 0.324 e. The standard InChI is InChI=1S/C12H15FN2O/c1-8(16)15-12-5-4-9(7-10(12)13)11-3-2-6-14-11/h4-5,7,11,14H,2-3,6H2,1H3,(H,15,16)/t11-/m0/s1. The Labute approximate surface area is 94.0 Å². The molecule has 1 saturated heterocycles. The molecule has 1 aliphatic heterocycles. The van der Waals surface area contributed by atoms with Gasteiger partial charge in [-0.25, -0.2) is 4.39 Å². The Kier molecular flexibility index (Phi) is 3.19. The minimum Gasteiger partial charge on any atom is -0.324 e. The molecule has 0 saturated carbocycles. The van der Waals surface area contributed by atoms with Gasteiger partial charge in [0.15, 0.2) is 0 Å². The SMILES string of the molecule is CC(=O)Nc1ccc([C@@H]2CCCN2)cc1F. The van der Waals surface area contributed by atoms with E-state index < -0.39 is 0 Å². The predicted octanol–water partition coefficient (Wildman–Crippen LogP) is 2.21. The van der Waals surface area contributed by atoms with E-state index >= 15 is 0 Å². The number of rotatable bonds is 2. The maximum atomic E-state index is 13.6.